The van der Waals surface area contributed by atoms with Crippen LogP contribution in [0.15, 0.2) is 54.6 Å². The SMILES string of the molecule is N#CCC(=O)Nc1ccc(NC(=O)/C=C/c2ccccc2Cl)cc1. The fourth-order valence-electron chi connectivity index (χ4n) is 1.87. The third-order valence-electron chi connectivity index (χ3n) is 3.00. The Morgan fingerprint density at radius 2 is 1.67 bits per heavy atom. The fraction of sp³-hybridized carbons (Fsp3) is 0.0556. The van der Waals surface area contributed by atoms with Crippen molar-refractivity contribution in [2.24, 2.45) is 0 Å². The van der Waals surface area contributed by atoms with Gasteiger partial charge in [0.05, 0.1) is 6.07 Å². The first-order valence-electron chi connectivity index (χ1n) is 7.09. The van der Waals surface area contributed by atoms with Gasteiger partial charge in [-0.1, -0.05) is 29.8 Å². The summed E-state index contributed by atoms with van der Waals surface area (Å²) in [5.74, 6) is -0.673. The zero-order valence-electron chi connectivity index (χ0n) is 12.6. The maximum atomic E-state index is 11.9. The summed E-state index contributed by atoms with van der Waals surface area (Å²) in [6.45, 7) is 0. The van der Waals surface area contributed by atoms with Crippen LogP contribution in [0.3, 0.4) is 0 Å². The molecule has 120 valence electrons. The standard InChI is InChI=1S/C18H14ClN3O2/c19-16-4-2-1-3-13(16)5-10-17(23)21-14-6-8-15(9-7-14)22-18(24)11-12-20/h1-10H,11H2,(H,21,23)(H,22,24)/b10-5+. The van der Waals surface area contributed by atoms with Crippen molar-refractivity contribution in [1.82, 2.24) is 0 Å². The molecule has 0 radical (unpaired) electrons. The maximum Gasteiger partial charge on any atom is 0.248 e. The van der Waals surface area contributed by atoms with E-state index in [0.29, 0.717) is 16.4 Å². The zero-order chi connectivity index (χ0) is 17.4. The second kappa shape index (κ2) is 8.51. The van der Waals surface area contributed by atoms with E-state index in [2.05, 4.69) is 10.6 Å². The van der Waals surface area contributed by atoms with E-state index in [0.717, 1.165) is 5.56 Å². The second-order valence-corrected chi connectivity index (χ2v) is 5.21. The molecule has 0 aliphatic rings. The highest BCUT2D eigenvalue weighted by atomic mass is 35.5. The molecule has 0 bridgehead atoms. The number of anilines is 2. The Morgan fingerprint density at radius 3 is 2.29 bits per heavy atom. The van der Waals surface area contributed by atoms with Crippen molar-refractivity contribution in [1.29, 1.82) is 5.26 Å². The summed E-state index contributed by atoms with van der Waals surface area (Å²) >= 11 is 6.01. The number of hydrogen-bond acceptors (Lipinski definition) is 3. The number of halogens is 1. The van der Waals surface area contributed by atoms with Crippen LogP contribution in [-0.2, 0) is 9.59 Å². The Kier molecular flexibility index (Phi) is 6.12. The van der Waals surface area contributed by atoms with Crippen molar-refractivity contribution in [3.63, 3.8) is 0 Å². The lowest BCUT2D eigenvalue weighted by Gasteiger charge is -2.05. The lowest BCUT2D eigenvalue weighted by Crippen LogP contribution is -2.10. The molecule has 2 amide bonds. The van der Waals surface area contributed by atoms with Crippen LogP contribution >= 0.6 is 11.6 Å². The van der Waals surface area contributed by atoms with E-state index in [4.69, 9.17) is 16.9 Å². The highest BCUT2D eigenvalue weighted by Gasteiger charge is 2.02. The predicted molar refractivity (Wildman–Crippen MR) is 94.4 cm³/mol. The van der Waals surface area contributed by atoms with E-state index in [1.165, 1.54) is 6.08 Å². The van der Waals surface area contributed by atoms with Gasteiger partial charge in [-0.15, -0.1) is 0 Å². The second-order valence-electron chi connectivity index (χ2n) is 4.80. The van der Waals surface area contributed by atoms with Crippen LogP contribution in [0, 0.1) is 11.3 Å². The Hall–Kier alpha value is -3.10. The summed E-state index contributed by atoms with van der Waals surface area (Å²) in [4.78, 5) is 23.2. The smallest absolute Gasteiger partial charge is 0.248 e. The number of nitrogens with zero attached hydrogens (tertiary/aromatic N) is 1. The highest BCUT2D eigenvalue weighted by molar-refractivity contribution is 6.32. The summed E-state index contributed by atoms with van der Waals surface area (Å²) in [5.41, 5.74) is 1.90. The lowest BCUT2D eigenvalue weighted by atomic mass is 10.2. The number of benzene rings is 2. The first kappa shape index (κ1) is 17.3. The minimum Gasteiger partial charge on any atom is -0.325 e. The fourth-order valence-corrected chi connectivity index (χ4v) is 2.07. The molecule has 2 aromatic rings. The zero-order valence-corrected chi connectivity index (χ0v) is 13.4. The normalized spacial score (nSPS) is 10.2. The summed E-state index contributed by atoms with van der Waals surface area (Å²) in [7, 11) is 0. The van der Waals surface area contributed by atoms with Crippen LogP contribution in [0.1, 0.15) is 12.0 Å². The minimum absolute atomic E-state index is 0.203. The molecule has 0 saturated carbocycles. The molecule has 6 heteroatoms. The van der Waals surface area contributed by atoms with Gasteiger partial charge >= 0.3 is 0 Å². The predicted octanol–water partition coefficient (Wildman–Crippen LogP) is 3.84. The number of amides is 2. The van der Waals surface area contributed by atoms with Crippen LogP contribution in [0.2, 0.25) is 5.02 Å². The van der Waals surface area contributed by atoms with Crippen molar-refractivity contribution < 1.29 is 9.59 Å². The van der Waals surface area contributed by atoms with Crippen molar-refractivity contribution in [2.75, 3.05) is 10.6 Å². The quantitative estimate of drug-likeness (QED) is 0.812. The number of nitrogens with one attached hydrogen (secondary N) is 2. The van der Waals surface area contributed by atoms with Gasteiger partial charge in [-0.2, -0.15) is 5.26 Å². The first-order valence-corrected chi connectivity index (χ1v) is 7.47. The molecule has 0 unspecified atom stereocenters. The number of rotatable bonds is 5. The summed E-state index contributed by atoms with van der Waals surface area (Å²) in [6.07, 6.45) is 2.82. The molecule has 0 aliphatic heterocycles. The largest absolute Gasteiger partial charge is 0.325 e. The van der Waals surface area contributed by atoms with Crippen molar-refractivity contribution >= 4 is 40.9 Å². The topological polar surface area (TPSA) is 82.0 Å². The van der Waals surface area contributed by atoms with Crippen LogP contribution in [-0.4, -0.2) is 11.8 Å². The van der Waals surface area contributed by atoms with Crippen LogP contribution < -0.4 is 10.6 Å². The Balaban J connectivity index is 1.94. The summed E-state index contributed by atoms with van der Waals surface area (Å²) < 4.78 is 0. The van der Waals surface area contributed by atoms with Gasteiger partial charge in [0.1, 0.15) is 6.42 Å². The van der Waals surface area contributed by atoms with E-state index < -0.39 is 0 Å². The van der Waals surface area contributed by atoms with Gasteiger partial charge in [0.25, 0.3) is 0 Å². The van der Waals surface area contributed by atoms with Crippen molar-refractivity contribution in [3.8, 4) is 6.07 Å². The summed E-state index contributed by atoms with van der Waals surface area (Å²) in [5, 5.41) is 14.3. The van der Waals surface area contributed by atoms with Gasteiger partial charge in [-0.3, -0.25) is 9.59 Å². The van der Waals surface area contributed by atoms with Gasteiger partial charge in [0.15, 0.2) is 0 Å². The van der Waals surface area contributed by atoms with E-state index in [9.17, 15) is 9.59 Å². The van der Waals surface area contributed by atoms with E-state index in [1.807, 2.05) is 18.2 Å². The average Bonchev–Trinajstić information content (AvgIpc) is 2.56. The van der Waals surface area contributed by atoms with E-state index >= 15 is 0 Å². The third kappa shape index (κ3) is 5.27. The van der Waals surface area contributed by atoms with Crippen LogP contribution in [0.4, 0.5) is 11.4 Å². The van der Waals surface area contributed by atoms with Gasteiger partial charge in [-0.05, 0) is 42.0 Å². The number of carbonyl (C=O) groups excluding carboxylic acids is 2. The maximum absolute atomic E-state index is 11.9. The molecule has 0 fully saturated rings. The van der Waals surface area contributed by atoms with E-state index in [-0.39, 0.29) is 18.2 Å². The van der Waals surface area contributed by atoms with Gasteiger partial charge < -0.3 is 10.6 Å². The molecular formula is C18H14ClN3O2. The van der Waals surface area contributed by atoms with Crippen LogP contribution in [0.25, 0.3) is 6.08 Å². The third-order valence-corrected chi connectivity index (χ3v) is 3.34. The number of hydrogen-bond donors (Lipinski definition) is 2. The Labute approximate surface area is 144 Å². The molecule has 0 spiro atoms. The molecule has 0 aliphatic carbocycles. The van der Waals surface area contributed by atoms with Crippen molar-refractivity contribution in [3.05, 3.63) is 65.2 Å². The first-order chi connectivity index (χ1) is 11.6. The van der Waals surface area contributed by atoms with Gasteiger partial charge in [-0.25, -0.2) is 0 Å². The molecule has 0 atom stereocenters. The monoisotopic (exact) mass is 339 g/mol. The van der Waals surface area contributed by atoms with Gasteiger partial charge in [0, 0.05) is 22.5 Å². The molecule has 0 saturated heterocycles. The molecule has 2 rings (SSSR count). The molecule has 2 N–H and O–H groups in total. The van der Waals surface area contributed by atoms with Crippen molar-refractivity contribution in [2.45, 2.75) is 6.42 Å². The Bertz CT molecular complexity index is 808. The minimum atomic E-state index is -0.378. The average molecular weight is 340 g/mol. The molecular weight excluding hydrogens is 326 g/mol. The highest BCUT2D eigenvalue weighted by Crippen LogP contribution is 2.17. The number of carbonyl (C=O) groups is 2. The number of nitriles is 1. The van der Waals surface area contributed by atoms with E-state index in [1.54, 1.807) is 42.5 Å². The summed E-state index contributed by atoms with van der Waals surface area (Å²) in [6, 6.07) is 15.6. The Morgan fingerprint density at radius 1 is 1.04 bits per heavy atom. The van der Waals surface area contributed by atoms with Gasteiger partial charge in [0.2, 0.25) is 11.8 Å². The molecule has 2 aromatic carbocycles. The molecule has 0 heterocycles. The molecule has 0 aromatic heterocycles. The van der Waals surface area contributed by atoms with Crippen LogP contribution in [0.5, 0.6) is 0 Å². The molecule has 24 heavy (non-hydrogen) atoms. The lowest BCUT2D eigenvalue weighted by molar-refractivity contribution is -0.115. The molecule has 5 nitrogen and oxygen atoms in total.